The fraction of sp³-hybridized carbons (Fsp3) is 0.176. The molecule has 23 heteroatoms. The summed E-state index contributed by atoms with van der Waals surface area (Å²) in [7, 11) is 0. The Hall–Kier alpha value is -10.9. The average molecular weight is 1250 g/mol. The summed E-state index contributed by atoms with van der Waals surface area (Å²) in [6.45, 7) is 24.6. The van der Waals surface area contributed by atoms with Crippen molar-refractivity contribution >= 4 is 23.2 Å². The third kappa shape index (κ3) is 18.3. The lowest BCUT2D eigenvalue weighted by molar-refractivity contribution is 0.741. The maximum atomic E-state index is 5.86. The summed E-state index contributed by atoms with van der Waals surface area (Å²) >= 11 is 11.7. The molecular formula is C68H71Cl2N21. The third-order valence-electron chi connectivity index (χ3n) is 13.9. The van der Waals surface area contributed by atoms with Crippen molar-refractivity contribution in [3.05, 3.63) is 291 Å². The Morgan fingerprint density at radius 3 is 0.923 bits per heavy atom. The van der Waals surface area contributed by atoms with Crippen LogP contribution in [0.2, 0.25) is 10.0 Å². The molecule has 21 nitrogen and oxygen atoms in total. The van der Waals surface area contributed by atoms with Crippen molar-refractivity contribution in [3.63, 3.8) is 0 Å². The molecule has 0 aliphatic carbocycles. The van der Waals surface area contributed by atoms with Crippen LogP contribution in [-0.4, -0.2) is 105 Å². The highest BCUT2D eigenvalue weighted by molar-refractivity contribution is 6.31. The summed E-state index contributed by atoms with van der Waals surface area (Å²) in [6, 6.07) is 42.1. The standard InChI is InChI=1S/C11H13N3.3C10H11N3.2C9H8ClN3.C9H9N3/c1-8-4-5-9(2)11(10(8)3)14-12-6-7-13-14;2*1-8-3-4-9(2)10(7-8)13-11-5-6-12-13;1-8-4-3-5-9(2)10(8)13-11-6-7-12-13;1-7-6-8(10)2-3-9(7)13-11-4-5-12-13;1-7-2-3-8(10)6-9(7)13-11-4-5-12-13;1-8-4-2-3-5-9(8)12-10-6-7-11-12/h4-7H,1-3H3;3*3-7H,1-2H3;2*2-6H,1H3;2-7H,1H3. The number of halogens is 2. The lowest BCUT2D eigenvalue weighted by atomic mass is 10.0. The first-order chi connectivity index (χ1) is 43.9. The van der Waals surface area contributed by atoms with Gasteiger partial charge in [-0.25, -0.2) is 0 Å². The molecule has 0 spiro atoms. The molecule has 0 saturated carbocycles. The first-order valence-electron chi connectivity index (χ1n) is 28.9. The van der Waals surface area contributed by atoms with Gasteiger partial charge in [-0.2, -0.15) is 105 Å². The highest BCUT2D eigenvalue weighted by atomic mass is 35.5. The van der Waals surface area contributed by atoms with Gasteiger partial charge in [0.05, 0.1) is 127 Å². The van der Waals surface area contributed by atoms with Gasteiger partial charge in [0, 0.05) is 10.0 Å². The van der Waals surface area contributed by atoms with Crippen LogP contribution in [0.5, 0.6) is 0 Å². The largest absolute Gasteiger partial charge is 0.157 e. The van der Waals surface area contributed by atoms with Crippen LogP contribution >= 0.6 is 23.2 Å². The number of para-hydroxylation sites is 2. The minimum atomic E-state index is 0.693. The van der Waals surface area contributed by atoms with Gasteiger partial charge in [0.15, 0.2) is 0 Å². The van der Waals surface area contributed by atoms with Crippen molar-refractivity contribution in [2.75, 3.05) is 0 Å². The molecule has 14 rings (SSSR count). The predicted molar refractivity (Wildman–Crippen MR) is 356 cm³/mol. The minimum Gasteiger partial charge on any atom is -0.157 e. The van der Waals surface area contributed by atoms with Gasteiger partial charge in [-0.3, -0.25) is 0 Å². The molecule has 0 aliphatic rings. The third-order valence-corrected chi connectivity index (χ3v) is 14.4. The molecule has 0 saturated heterocycles. The minimum absolute atomic E-state index is 0.693. The lowest BCUT2D eigenvalue weighted by Crippen LogP contribution is -2.04. The molecule has 462 valence electrons. The van der Waals surface area contributed by atoms with E-state index in [2.05, 4.69) is 194 Å². The van der Waals surface area contributed by atoms with E-state index in [1.807, 2.05) is 87.5 Å². The van der Waals surface area contributed by atoms with Crippen LogP contribution in [0, 0.1) is 83.1 Å². The van der Waals surface area contributed by atoms with Gasteiger partial charge >= 0.3 is 0 Å². The maximum Gasteiger partial charge on any atom is 0.0917 e. The first-order valence-corrected chi connectivity index (χ1v) is 29.6. The van der Waals surface area contributed by atoms with Crippen molar-refractivity contribution < 1.29 is 0 Å². The van der Waals surface area contributed by atoms with Gasteiger partial charge in [0.2, 0.25) is 0 Å². The van der Waals surface area contributed by atoms with E-state index >= 15 is 0 Å². The SMILES string of the molecule is Cc1cc(Cl)ccc1-n1nccn1.Cc1ccc(C)c(-n2nccn2)c1.Cc1ccc(C)c(-n2nccn2)c1.Cc1ccc(C)c(-n2nccn2)c1C.Cc1ccc(Cl)cc1-n1nccn1.Cc1cccc(C)c1-n1nccn1.Cc1ccccc1-n1nccn1. The second-order valence-corrected chi connectivity index (χ2v) is 21.7. The van der Waals surface area contributed by atoms with E-state index in [-0.39, 0.29) is 0 Å². The van der Waals surface area contributed by atoms with Crippen LogP contribution in [0.25, 0.3) is 39.8 Å². The van der Waals surface area contributed by atoms with E-state index in [1.165, 1.54) is 55.6 Å². The molecule has 0 N–H and O–H groups in total. The van der Waals surface area contributed by atoms with Crippen LogP contribution in [0.15, 0.2) is 214 Å². The smallest absolute Gasteiger partial charge is 0.0917 e. The monoisotopic (exact) mass is 1250 g/mol. The normalized spacial score (nSPS) is 10.3. The zero-order valence-electron chi connectivity index (χ0n) is 52.9. The Labute approximate surface area is 539 Å². The maximum absolute atomic E-state index is 5.86. The van der Waals surface area contributed by atoms with Crippen LogP contribution in [0.4, 0.5) is 0 Å². The fourth-order valence-corrected chi connectivity index (χ4v) is 9.42. The summed E-state index contributed by atoms with van der Waals surface area (Å²) in [5, 5.41) is 58.6. The van der Waals surface area contributed by atoms with Crippen LogP contribution in [-0.2, 0) is 0 Å². The molecular weight excluding hydrogens is 1180 g/mol. The molecule has 0 bridgehead atoms. The van der Waals surface area contributed by atoms with Gasteiger partial charge in [-0.05, 0) is 198 Å². The summed E-state index contributed by atoms with van der Waals surface area (Å²) < 4.78 is 0. The molecule has 0 amide bonds. The Balaban J connectivity index is 0.000000137. The highest BCUT2D eigenvalue weighted by Crippen LogP contribution is 2.22. The van der Waals surface area contributed by atoms with Gasteiger partial charge in [0.25, 0.3) is 0 Å². The van der Waals surface area contributed by atoms with E-state index < -0.39 is 0 Å². The molecule has 91 heavy (non-hydrogen) atoms. The van der Waals surface area contributed by atoms with Crippen LogP contribution in [0.1, 0.15) is 66.8 Å². The second kappa shape index (κ2) is 32.4. The number of benzene rings is 7. The Morgan fingerprint density at radius 2 is 0.505 bits per heavy atom. The fourth-order valence-electron chi connectivity index (χ4n) is 9.03. The molecule has 7 aromatic carbocycles. The van der Waals surface area contributed by atoms with E-state index in [9.17, 15) is 0 Å². The number of rotatable bonds is 7. The van der Waals surface area contributed by atoms with E-state index in [4.69, 9.17) is 23.2 Å². The quantitative estimate of drug-likeness (QED) is 0.145. The lowest BCUT2D eigenvalue weighted by Gasteiger charge is -2.10. The number of nitrogens with zero attached hydrogens (tertiary/aromatic N) is 21. The molecule has 14 aromatic rings. The highest BCUT2D eigenvalue weighted by Gasteiger charge is 2.10. The number of aromatic nitrogens is 21. The Bertz CT molecular complexity index is 4230. The van der Waals surface area contributed by atoms with Gasteiger partial charge in [0.1, 0.15) is 0 Å². The van der Waals surface area contributed by atoms with Crippen molar-refractivity contribution in [1.82, 2.24) is 105 Å². The molecule has 0 unspecified atom stereocenters. The molecule has 7 heterocycles. The molecule has 7 aromatic heterocycles. The van der Waals surface area contributed by atoms with E-state index in [0.717, 1.165) is 56.0 Å². The second-order valence-electron chi connectivity index (χ2n) is 20.9. The van der Waals surface area contributed by atoms with Gasteiger partial charge in [-0.15, -0.1) is 0 Å². The van der Waals surface area contributed by atoms with E-state index in [1.54, 1.807) is 120 Å². The zero-order chi connectivity index (χ0) is 64.8. The Morgan fingerprint density at radius 1 is 0.220 bits per heavy atom. The van der Waals surface area contributed by atoms with Crippen molar-refractivity contribution in [2.24, 2.45) is 0 Å². The van der Waals surface area contributed by atoms with E-state index in [0.29, 0.717) is 5.02 Å². The number of hydrogen-bond donors (Lipinski definition) is 0. The predicted octanol–water partition coefficient (Wildman–Crippen LogP) is 13.9. The first kappa shape index (κ1) is 66.1. The van der Waals surface area contributed by atoms with Crippen molar-refractivity contribution in [1.29, 1.82) is 0 Å². The topological polar surface area (TPSA) is 215 Å². The summed E-state index contributed by atoms with van der Waals surface area (Å²) in [5.41, 5.74) is 21.4. The molecule has 0 aliphatic heterocycles. The number of aryl methyl sites for hydroxylation is 11. The van der Waals surface area contributed by atoms with Gasteiger partial charge in [-0.1, -0.05) is 102 Å². The molecule has 0 atom stereocenters. The summed E-state index contributed by atoms with van der Waals surface area (Å²) in [4.78, 5) is 11.4. The van der Waals surface area contributed by atoms with Gasteiger partial charge < -0.3 is 0 Å². The van der Waals surface area contributed by atoms with Crippen LogP contribution in [0.3, 0.4) is 0 Å². The number of hydrogen-bond acceptors (Lipinski definition) is 14. The molecule has 0 radical (unpaired) electrons. The van der Waals surface area contributed by atoms with Crippen LogP contribution < -0.4 is 0 Å². The average Bonchev–Trinajstić information content (AvgIpc) is 2.47. The molecule has 0 fully saturated rings. The Kier molecular flexibility index (Phi) is 23.5. The zero-order valence-corrected chi connectivity index (χ0v) is 54.4. The van der Waals surface area contributed by atoms with Crippen molar-refractivity contribution in [2.45, 2.75) is 83.1 Å². The van der Waals surface area contributed by atoms with Crippen molar-refractivity contribution in [3.8, 4) is 39.8 Å². The summed E-state index contributed by atoms with van der Waals surface area (Å²) in [6.07, 6.45) is 23.4. The summed E-state index contributed by atoms with van der Waals surface area (Å²) in [5.74, 6) is 0.